The van der Waals surface area contributed by atoms with Crippen LogP contribution in [0.2, 0.25) is 0 Å². The quantitative estimate of drug-likeness (QED) is 0.890. The monoisotopic (exact) mass is 367 g/mol. The van der Waals surface area contributed by atoms with E-state index in [1.54, 1.807) is 19.2 Å². The van der Waals surface area contributed by atoms with Crippen LogP contribution in [0.5, 0.6) is 17.2 Å². The zero-order valence-electron chi connectivity index (χ0n) is 15.6. The molecule has 1 amide bonds. The summed E-state index contributed by atoms with van der Waals surface area (Å²) in [5, 5.41) is 3.17. The minimum absolute atomic E-state index is 0.0894. The summed E-state index contributed by atoms with van der Waals surface area (Å²) < 4.78 is 16.6. The molecule has 2 aliphatic rings. The molecule has 2 aromatic rings. The first-order chi connectivity index (χ1) is 13.2. The fourth-order valence-corrected chi connectivity index (χ4v) is 3.97. The van der Waals surface area contributed by atoms with Gasteiger partial charge in [0.25, 0.3) is 5.91 Å². The summed E-state index contributed by atoms with van der Waals surface area (Å²) in [7, 11) is 1.57. The zero-order valence-corrected chi connectivity index (χ0v) is 15.6. The van der Waals surface area contributed by atoms with Gasteiger partial charge in [-0.1, -0.05) is 30.3 Å². The topological polar surface area (TPSA) is 56.8 Å². The van der Waals surface area contributed by atoms with E-state index in [0.717, 1.165) is 25.7 Å². The van der Waals surface area contributed by atoms with Gasteiger partial charge in [-0.3, -0.25) is 4.79 Å². The third-order valence-corrected chi connectivity index (χ3v) is 5.42. The lowest BCUT2D eigenvalue weighted by Gasteiger charge is -2.29. The van der Waals surface area contributed by atoms with E-state index >= 15 is 0 Å². The van der Waals surface area contributed by atoms with Crippen LogP contribution in [0, 0.1) is 0 Å². The third-order valence-electron chi connectivity index (χ3n) is 5.42. The van der Waals surface area contributed by atoms with E-state index in [1.807, 2.05) is 0 Å². The highest BCUT2D eigenvalue weighted by atomic mass is 16.6. The molecule has 4 rings (SSSR count). The maximum Gasteiger partial charge on any atom is 0.251 e. The Morgan fingerprint density at radius 3 is 2.52 bits per heavy atom. The zero-order chi connectivity index (χ0) is 18.6. The summed E-state index contributed by atoms with van der Waals surface area (Å²) in [5.41, 5.74) is 1.94. The number of carbonyl (C=O) groups excluding carboxylic acids is 1. The lowest BCUT2D eigenvalue weighted by molar-refractivity contribution is 0.0924. The van der Waals surface area contributed by atoms with E-state index in [1.165, 1.54) is 5.56 Å². The second kappa shape index (κ2) is 7.91. The number of ether oxygens (including phenoxy) is 3. The summed E-state index contributed by atoms with van der Waals surface area (Å²) in [5.74, 6) is 2.18. The number of carbonyl (C=O) groups is 1. The SMILES string of the molecule is COc1cc(C(=O)NC2CCC(c3ccccc3)CC2)cc2c1OCCO2. The van der Waals surface area contributed by atoms with Crippen LogP contribution in [0.25, 0.3) is 0 Å². The lowest BCUT2D eigenvalue weighted by Crippen LogP contribution is -2.37. The van der Waals surface area contributed by atoms with Gasteiger partial charge in [-0.05, 0) is 49.3 Å². The number of methoxy groups -OCH3 is 1. The fraction of sp³-hybridized carbons (Fsp3) is 0.409. The van der Waals surface area contributed by atoms with Crippen molar-refractivity contribution in [2.45, 2.75) is 37.6 Å². The van der Waals surface area contributed by atoms with Crippen molar-refractivity contribution in [1.82, 2.24) is 5.32 Å². The summed E-state index contributed by atoms with van der Waals surface area (Å²) >= 11 is 0. The van der Waals surface area contributed by atoms with Crippen molar-refractivity contribution in [3.63, 3.8) is 0 Å². The highest BCUT2D eigenvalue weighted by molar-refractivity contribution is 5.95. The van der Waals surface area contributed by atoms with E-state index < -0.39 is 0 Å². The molecule has 1 heterocycles. The molecule has 1 aliphatic carbocycles. The van der Waals surface area contributed by atoms with Crippen LogP contribution in [0.1, 0.15) is 47.5 Å². The molecule has 142 valence electrons. The number of nitrogens with one attached hydrogen (secondary N) is 1. The van der Waals surface area contributed by atoms with E-state index in [4.69, 9.17) is 14.2 Å². The van der Waals surface area contributed by atoms with Crippen molar-refractivity contribution in [3.8, 4) is 17.2 Å². The average molecular weight is 367 g/mol. The Labute approximate surface area is 159 Å². The third kappa shape index (κ3) is 3.87. The Bertz CT molecular complexity index is 780. The van der Waals surface area contributed by atoms with E-state index in [0.29, 0.717) is 41.9 Å². The number of hydrogen-bond acceptors (Lipinski definition) is 4. The number of rotatable bonds is 4. The first-order valence-corrected chi connectivity index (χ1v) is 9.58. The first-order valence-electron chi connectivity index (χ1n) is 9.58. The van der Waals surface area contributed by atoms with Crippen LogP contribution < -0.4 is 19.5 Å². The molecular weight excluding hydrogens is 342 g/mol. The van der Waals surface area contributed by atoms with Crippen LogP contribution in [0.3, 0.4) is 0 Å². The van der Waals surface area contributed by atoms with Crippen LogP contribution in [0.4, 0.5) is 0 Å². The Morgan fingerprint density at radius 1 is 1.04 bits per heavy atom. The molecule has 1 N–H and O–H groups in total. The molecule has 0 unspecified atom stereocenters. The van der Waals surface area contributed by atoms with Gasteiger partial charge < -0.3 is 19.5 Å². The van der Waals surface area contributed by atoms with Gasteiger partial charge >= 0.3 is 0 Å². The fourth-order valence-electron chi connectivity index (χ4n) is 3.97. The first kappa shape index (κ1) is 17.7. The van der Waals surface area contributed by atoms with Gasteiger partial charge in [0.2, 0.25) is 5.75 Å². The Morgan fingerprint density at radius 2 is 1.78 bits per heavy atom. The van der Waals surface area contributed by atoms with Crippen molar-refractivity contribution in [3.05, 3.63) is 53.6 Å². The normalized spacial score (nSPS) is 21.4. The summed E-state index contributed by atoms with van der Waals surface area (Å²) in [6, 6.07) is 14.3. The smallest absolute Gasteiger partial charge is 0.251 e. The van der Waals surface area contributed by atoms with E-state index in [9.17, 15) is 4.79 Å². The number of hydrogen-bond donors (Lipinski definition) is 1. The van der Waals surface area contributed by atoms with Gasteiger partial charge in [0.05, 0.1) is 7.11 Å². The van der Waals surface area contributed by atoms with Crippen LogP contribution in [-0.2, 0) is 0 Å². The molecule has 0 radical (unpaired) electrons. The van der Waals surface area contributed by atoms with E-state index in [-0.39, 0.29) is 11.9 Å². The molecule has 0 saturated heterocycles. The van der Waals surface area contributed by atoms with Crippen molar-refractivity contribution in [2.24, 2.45) is 0 Å². The number of amides is 1. The molecule has 5 heteroatoms. The minimum Gasteiger partial charge on any atom is -0.493 e. The van der Waals surface area contributed by atoms with Gasteiger partial charge in [-0.25, -0.2) is 0 Å². The Kier molecular flexibility index (Phi) is 5.19. The van der Waals surface area contributed by atoms with Crippen molar-refractivity contribution in [1.29, 1.82) is 0 Å². The standard InChI is InChI=1S/C22H25NO4/c1-25-19-13-17(14-20-21(19)27-12-11-26-20)22(24)23-18-9-7-16(8-10-18)15-5-3-2-4-6-15/h2-6,13-14,16,18H,7-12H2,1H3,(H,23,24). The Hall–Kier alpha value is -2.69. The molecular formula is C22H25NO4. The van der Waals surface area contributed by atoms with Gasteiger partial charge in [0.15, 0.2) is 11.5 Å². The maximum absolute atomic E-state index is 12.8. The summed E-state index contributed by atoms with van der Waals surface area (Å²) in [6.45, 7) is 0.963. The predicted molar refractivity (Wildman–Crippen MR) is 103 cm³/mol. The molecule has 0 spiro atoms. The minimum atomic E-state index is -0.0894. The van der Waals surface area contributed by atoms with Crippen LogP contribution in [-0.4, -0.2) is 32.3 Å². The van der Waals surface area contributed by atoms with Crippen molar-refractivity contribution in [2.75, 3.05) is 20.3 Å². The summed E-state index contributed by atoms with van der Waals surface area (Å²) in [6.07, 6.45) is 4.18. The van der Waals surface area contributed by atoms with Gasteiger partial charge in [-0.15, -0.1) is 0 Å². The van der Waals surface area contributed by atoms with Crippen LogP contribution in [0.15, 0.2) is 42.5 Å². The molecule has 0 bridgehead atoms. The molecule has 1 fully saturated rings. The second-order valence-corrected chi connectivity index (χ2v) is 7.14. The molecule has 1 saturated carbocycles. The summed E-state index contributed by atoms with van der Waals surface area (Å²) in [4.78, 5) is 12.8. The molecule has 0 aromatic heterocycles. The van der Waals surface area contributed by atoms with Gasteiger partial charge in [0, 0.05) is 11.6 Å². The lowest BCUT2D eigenvalue weighted by atomic mass is 9.82. The second-order valence-electron chi connectivity index (χ2n) is 7.14. The van der Waals surface area contributed by atoms with Crippen molar-refractivity contribution < 1.29 is 19.0 Å². The van der Waals surface area contributed by atoms with Crippen LogP contribution >= 0.6 is 0 Å². The van der Waals surface area contributed by atoms with E-state index in [2.05, 4.69) is 35.6 Å². The Balaban J connectivity index is 1.40. The maximum atomic E-state index is 12.8. The molecule has 5 nitrogen and oxygen atoms in total. The highest BCUT2D eigenvalue weighted by Crippen LogP contribution is 2.40. The molecule has 2 aromatic carbocycles. The average Bonchev–Trinajstić information content (AvgIpc) is 2.74. The number of fused-ring (bicyclic) bond motifs is 1. The molecule has 0 atom stereocenters. The molecule has 1 aliphatic heterocycles. The predicted octanol–water partition coefficient (Wildman–Crippen LogP) is 3.92. The van der Waals surface area contributed by atoms with Gasteiger partial charge in [-0.2, -0.15) is 0 Å². The van der Waals surface area contributed by atoms with Gasteiger partial charge in [0.1, 0.15) is 13.2 Å². The highest BCUT2D eigenvalue weighted by Gasteiger charge is 2.25. The largest absolute Gasteiger partial charge is 0.493 e. The molecule has 27 heavy (non-hydrogen) atoms. The number of benzene rings is 2. The van der Waals surface area contributed by atoms with Crippen molar-refractivity contribution >= 4 is 5.91 Å².